The van der Waals surface area contributed by atoms with Crippen molar-refractivity contribution in [2.45, 2.75) is 111 Å². The van der Waals surface area contributed by atoms with Crippen molar-refractivity contribution < 1.29 is 4.74 Å². The van der Waals surface area contributed by atoms with Crippen LogP contribution in [0, 0.1) is 6.67 Å². The van der Waals surface area contributed by atoms with Crippen LogP contribution in [0.2, 0.25) is 0 Å². The summed E-state index contributed by atoms with van der Waals surface area (Å²) >= 11 is 0. The molecule has 0 saturated carbocycles. The predicted molar refractivity (Wildman–Crippen MR) is 245 cm³/mol. The topological polar surface area (TPSA) is 27.1 Å². The maximum Gasteiger partial charge on any atom is 0.225 e. The third kappa shape index (κ3) is 5.84. The number of nitrogens with zero attached hydrogens (tertiary/aromatic N) is 4. The first-order valence-electron chi connectivity index (χ1n) is 21.2. The van der Waals surface area contributed by atoms with E-state index >= 15 is 0 Å². The van der Waals surface area contributed by atoms with Crippen LogP contribution in [0.25, 0.3) is 27.6 Å². The largest absolute Gasteiger partial charge is 0.457 e. The van der Waals surface area contributed by atoms with E-state index in [1.807, 2.05) is 6.20 Å². The Kier molecular flexibility index (Phi) is 8.68. The van der Waals surface area contributed by atoms with Crippen molar-refractivity contribution >= 4 is 44.6 Å². The number of aromatic nitrogens is 2. The molecular formula is C53H59N4O+. The molecule has 9 rings (SSSR count). The van der Waals surface area contributed by atoms with Gasteiger partial charge in [-0.25, -0.2) is 4.98 Å². The summed E-state index contributed by atoms with van der Waals surface area (Å²) in [6.45, 7) is 27.7. The van der Waals surface area contributed by atoms with Crippen LogP contribution in [0.5, 0.6) is 11.5 Å². The zero-order valence-corrected chi connectivity index (χ0v) is 36.3. The van der Waals surface area contributed by atoms with Gasteiger partial charge in [-0.2, -0.15) is 9.18 Å². The van der Waals surface area contributed by atoms with Gasteiger partial charge in [-0.1, -0.05) is 113 Å². The molecule has 0 spiro atoms. The Balaban J connectivity index is 1.19. The summed E-state index contributed by atoms with van der Waals surface area (Å²) in [6, 6.07) is 43.0. The van der Waals surface area contributed by atoms with E-state index in [4.69, 9.17) is 9.72 Å². The standard InChI is InChI=1S/C53H59N4O/c1-12-35(13-2)36-21-24-48-49(27-36)56(40-18-16-17-37(28-40)51(3,4)5)34-57(48,56)41-29-39(53(9,10)11)30-43(32-41)58-42-22-23-45-44-19-14-15-20-46(44)55(47(45)33-42)50-31-38(25-26-54-50)52(6,7)8/h14-35H,12-13H2,1-11H3/q+1/t56-,57?/m0/s1. The molecule has 2 aliphatic heterocycles. The average Bonchev–Trinajstić information content (AvgIpc) is 3.68. The molecule has 58 heavy (non-hydrogen) atoms. The summed E-state index contributed by atoms with van der Waals surface area (Å²) in [5, 5.41) is 2.38. The zero-order valence-electron chi connectivity index (χ0n) is 36.3. The third-order valence-electron chi connectivity index (χ3n) is 12.9. The molecule has 0 N–H and O–H groups in total. The molecule has 2 aliphatic rings. The average molecular weight is 768 g/mol. The van der Waals surface area contributed by atoms with Crippen LogP contribution in [-0.2, 0) is 16.2 Å². The summed E-state index contributed by atoms with van der Waals surface area (Å²) in [6.07, 6.45) is 4.21. The van der Waals surface area contributed by atoms with Gasteiger partial charge in [0.1, 0.15) is 17.3 Å². The van der Waals surface area contributed by atoms with Gasteiger partial charge in [0.05, 0.1) is 11.0 Å². The second-order valence-electron chi connectivity index (χ2n) is 19.8. The Morgan fingerprint density at radius 1 is 0.569 bits per heavy atom. The molecule has 7 aromatic rings. The molecule has 5 heteroatoms. The maximum absolute atomic E-state index is 7.02. The second kappa shape index (κ2) is 13.1. The Morgan fingerprint density at radius 2 is 1.24 bits per heavy atom. The molecule has 0 bridgehead atoms. The first kappa shape index (κ1) is 38.3. The Morgan fingerprint density at radius 3 is 1.97 bits per heavy atom. The van der Waals surface area contributed by atoms with E-state index in [1.54, 1.807) is 0 Å². The molecule has 0 aliphatic carbocycles. The summed E-state index contributed by atoms with van der Waals surface area (Å²) in [5.74, 6) is 3.10. The highest BCUT2D eigenvalue weighted by molar-refractivity contribution is 6.09. The fourth-order valence-corrected chi connectivity index (χ4v) is 9.39. The van der Waals surface area contributed by atoms with E-state index in [1.165, 1.54) is 55.8 Å². The summed E-state index contributed by atoms with van der Waals surface area (Å²) in [4.78, 5) is 4.92. The van der Waals surface area contributed by atoms with Gasteiger partial charge in [0.25, 0.3) is 0 Å². The number of fused-ring (bicyclic) bond motifs is 7. The number of para-hydroxylation sites is 1. The van der Waals surface area contributed by atoms with Gasteiger partial charge in [0, 0.05) is 59.4 Å². The zero-order chi connectivity index (χ0) is 41.0. The lowest BCUT2D eigenvalue weighted by Gasteiger charge is -2.41. The van der Waals surface area contributed by atoms with Crippen molar-refractivity contribution in [1.82, 2.24) is 18.7 Å². The summed E-state index contributed by atoms with van der Waals surface area (Å²) in [5.41, 5.74) is 12.6. The van der Waals surface area contributed by atoms with Crippen molar-refractivity contribution in [2.24, 2.45) is 0 Å². The molecular weight excluding hydrogens is 709 g/mol. The fraction of sp³-hybridized carbons (Fsp3) is 0.321. The molecule has 5 nitrogen and oxygen atoms in total. The van der Waals surface area contributed by atoms with Crippen molar-refractivity contribution in [1.29, 1.82) is 0 Å². The van der Waals surface area contributed by atoms with Crippen LogP contribution in [-0.4, -0.2) is 9.55 Å². The number of quaternary nitrogens is 2. The van der Waals surface area contributed by atoms with Crippen molar-refractivity contribution in [3.63, 3.8) is 0 Å². The molecule has 5 aromatic carbocycles. The lowest BCUT2D eigenvalue weighted by Crippen LogP contribution is -2.46. The minimum atomic E-state index is -0.0998. The molecule has 1 unspecified atom stereocenters. The maximum atomic E-state index is 7.02. The molecule has 0 amide bonds. The number of hydrogen-bond donors (Lipinski definition) is 0. The summed E-state index contributed by atoms with van der Waals surface area (Å²) < 4.78 is 10.6. The minimum absolute atomic E-state index is 0.000129. The van der Waals surface area contributed by atoms with E-state index in [0.717, 1.165) is 41.2 Å². The lowest BCUT2D eigenvalue weighted by atomic mass is 9.86. The highest BCUT2D eigenvalue weighted by Crippen LogP contribution is 2.75. The van der Waals surface area contributed by atoms with Gasteiger partial charge in [0.2, 0.25) is 11.4 Å². The van der Waals surface area contributed by atoms with E-state index < -0.39 is 0 Å². The Bertz CT molecular complexity index is 2730. The van der Waals surface area contributed by atoms with Crippen molar-refractivity contribution in [3.8, 4) is 17.3 Å². The van der Waals surface area contributed by atoms with Gasteiger partial charge in [0.15, 0.2) is 18.0 Å². The van der Waals surface area contributed by atoms with E-state index in [-0.39, 0.29) is 16.2 Å². The monoisotopic (exact) mass is 767 g/mol. The van der Waals surface area contributed by atoms with Gasteiger partial charge >= 0.3 is 0 Å². The first-order valence-corrected chi connectivity index (χ1v) is 21.2. The molecule has 4 heterocycles. The highest BCUT2D eigenvalue weighted by atomic mass is 16.5. The molecule has 0 radical (unpaired) electrons. The SMILES string of the molecule is CCC(CC)c1ccc2c(c1)[N@@+]1(c3cccc(C(C)(C)C)c3)[CH-][N+]21c1cc(Oc2ccc3c4ccccc4n(-c4cc(C(C)(C)C)ccn4)c3c2)cc(C(C)(C)C)c1. The van der Waals surface area contributed by atoms with Gasteiger partial charge in [-0.05, 0) is 93.7 Å². The predicted octanol–water partition coefficient (Wildman–Crippen LogP) is 15.1. The second-order valence-corrected chi connectivity index (χ2v) is 19.8. The van der Waals surface area contributed by atoms with E-state index in [0.29, 0.717) is 15.1 Å². The lowest BCUT2D eigenvalue weighted by molar-refractivity contribution is 0.420. The van der Waals surface area contributed by atoms with E-state index in [9.17, 15) is 0 Å². The number of hydrogen-bond acceptors (Lipinski definition) is 2. The normalized spacial score (nSPS) is 19.0. The van der Waals surface area contributed by atoms with Gasteiger partial charge < -0.3 is 4.74 Å². The number of benzene rings is 5. The smallest absolute Gasteiger partial charge is 0.225 e. The Labute approximate surface area is 345 Å². The molecule has 2 atom stereocenters. The van der Waals surface area contributed by atoms with E-state index in [2.05, 4.69) is 203 Å². The molecule has 1 fully saturated rings. The van der Waals surface area contributed by atoms with Crippen LogP contribution in [0.4, 0.5) is 22.7 Å². The fourth-order valence-electron chi connectivity index (χ4n) is 9.39. The van der Waals surface area contributed by atoms with Crippen LogP contribution < -0.4 is 13.9 Å². The quantitative estimate of drug-likeness (QED) is 0.0875. The van der Waals surface area contributed by atoms with Gasteiger partial charge in [-0.3, -0.25) is 4.57 Å². The summed E-state index contributed by atoms with van der Waals surface area (Å²) in [7, 11) is 0. The number of ether oxygens (including phenoxy) is 1. The minimum Gasteiger partial charge on any atom is -0.457 e. The van der Waals surface area contributed by atoms with Crippen LogP contribution >= 0.6 is 0 Å². The highest BCUT2D eigenvalue weighted by Gasteiger charge is 2.78. The third-order valence-corrected chi connectivity index (χ3v) is 12.9. The van der Waals surface area contributed by atoms with Crippen LogP contribution in [0.3, 0.4) is 0 Å². The van der Waals surface area contributed by atoms with Crippen molar-refractivity contribution in [2.75, 3.05) is 0 Å². The molecule has 296 valence electrons. The van der Waals surface area contributed by atoms with Crippen LogP contribution in [0.15, 0.2) is 121 Å². The van der Waals surface area contributed by atoms with Gasteiger partial charge in [-0.15, -0.1) is 0 Å². The van der Waals surface area contributed by atoms with Crippen LogP contribution in [0.1, 0.15) is 117 Å². The number of pyridine rings is 1. The molecule has 1 saturated heterocycles. The first-order chi connectivity index (χ1) is 27.5. The molecule has 2 aromatic heterocycles. The Hall–Kier alpha value is -5.23. The van der Waals surface area contributed by atoms with Crippen molar-refractivity contribution in [3.05, 3.63) is 150 Å². The number of rotatable bonds is 8.